The molecule has 20 heavy (non-hydrogen) atoms. The van der Waals surface area contributed by atoms with Crippen LogP contribution >= 0.6 is 0 Å². The van der Waals surface area contributed by atoms with E-state index in [2.05, 4.69) is 54.4 Å². The predicted octanol–water partition coefficient (Wildman–Crippen LogP) is 2.81. The lowest BCUT2D eigenvalue weighted by molar-refractivity contribution is 0.167. The van der Waals surface area contributed by atoms with Gasteiger partial charge >= 0.3 is 0 Å². The molecule has 1 atom stereocenters. The largest absolute Gasteiger partial charge is 0.385 e. The van der Waals surface area contributed by atoms with Crippen molar-refractivity contribution in [2.45, 2.75) is 12.5 Å². The van der Waals surface area contributed by atoms with Crippen LogP contribution in [0.4, 0.5) is 0 Å². The molecule has 0 saturated heterocycles. The Bertz CT molecular complexity index is 536. The topological polar surface area (TPSA) is 38.5 Å². The maximum absolute atomic E-state index is 6.03. The number of rotatable bonds is 7. The number of fused-ring (bicyclic) bond motifs is 1. The van der Waals surface area contributed by atoms with Gasteiger partial charge in [-0.05, 0) is 29.8 Å². The van der Waals surface area contributed by atoms with Gasteiger partial charge in [-0.3, -0.25) is 4.90 Å². The first-order valence-electron chi connectivity index (χ1n) is 7.15. The standard InChI is InChI=1S/C17H24N2O/c1-19(11-6-12-20-2)17(13-18)16-10-5-8-14-7-3-4-9-15(14)16/h3-5,7-10,17H,6,11-13,18H2,1-2H3. The van der Waals surface area contributed by atoms with Gasteiger partial charge in [0.05, 0.1) is 0 Å². The molecule has 0 aliphatic rings. The predicted molar refractivity (Wildman–Crippen MR) is 84.9 cm³/mol. The van der Waals surface area contributed by atoms with Gasteiger partial charge in [0.2, 0.25) is 0 Å². The third kappa shape index (κ3) is 3.37. The SMILES string of the molecule is COCCCN(C)C(CN)c1cccc2ccccc12. The van der Waals surface area contributed by atoms with Crippen molar-refractivity contribution in [1.29, 1.82) is 0 Å². The Hall–Kier alpha value is -1.42. The van der Waals surface area contributed by atoms with Crippen LogP contribution in [0.25, 0.3) is 10.8 Å². The van der Waals surface area contributed by atoms with E-state index in [0.717, 1.165) is 19.6 Å². The highest BCUT2D eigenvalue weighted by atomic mass is 16.5. The quantitative estimate of drug-likeness (QED) is 0.788. The van der Waals surface area contributed by atoms with E-state index >= 15 is 0 Å². The van der Waals surface area contributed by atoms with Crippen LogP contribution in [0.1, 0.15) is 18.0 Å². The first kappa shape index (κ1) is 15.0. The molecule has 0 amide bonds. The molecule has 0 heterocycles. The highest BCUT2D eigenvalue weighted by Gasteiger charge is 2.17. The lowest BCUT2D eigenvalue weighted by atomic mass is 9.98. The number of hydrogen-bond acceptors (Lipinski definition) is 3. The fraction of sp³-hybridized carbons (Fsp3) is 0.412. The molecule has 2 aromatic carbocycles. The van der Waals surface area contributed by atoms with Gasteiger partial charge in [-0.15, -0.1) is 0 Å². The minimum atomic E-state index is 0.248. The third-order valence-electron chi connectivity index (χ3n) is 3.80. The molecule has 2 rings (SSSR count). The highest BCUT2D eigenvalue weighted by Crippen LogP contribution is 2.27. The zero-order valence-corrected chi connectivity index (χ0v) is 12.4. The molecule has 3 heteroatoms. The summed E-state index contributed by atoms with van der Waals surface area (Å²) < 4.78 is 5.12. The van der Waals surface area contributed by atoms with Crippen LogP contribution in [0, 0.1) is 0 Å². The van der Waals surface area contributed by atoms with Crippen molar-refractivity contribution in [1.82, 2.24) is 4.90 Å². The van der Waals surface area contributed by atoms with E-state index in [0.29, 0.717) is 6.54 Å². The fourth-order valence-electron chi connectivity index (χ4n) is 2.70. The molecule has 0 fully saturated rings. The van der Waals surface area contributed by atoms with Gasteiger partial charge in [0.25, 0.3) is 0 Å². The van der Waals surface area contributed by atoms with Gasteiger partial charge in [-0.25, -0.2) is 0 Å². The van der Waals surface area contributed by atoms with E-state index in [9.17, 15) is 0 Å². The average molecular weight is 272 g/mol. The van der Waals surface area contributed by atoms with Crippen molar-refractivity contribution >= 4 is 10.8 Å². The summed E-state index contributed by atoms with van der Waals surface area (Å²) in [5.74, 6) is 0. The van der Waals surface area contributed by atoms with E-state index in [1.54, 1.807) is 7.11 Å². The summed E-state index contributed by atoms with van der Waals surface area (Å²) in [7, 11) is 3.88. The fourth-order valence-corrected chi connectivity index (χ4v) is 2.70. The van der Waals surface area contributed by atoms with Crippen molar-refractivity contribution in [2.24, 2.45) is 5.73 Å². The molecule has 0 saturated carbocycles. The summed E-state index contributed by atoms with van der Waals surface area (Å²) in [5.41, 5.74) is 7.34. The summed E-state index contributed by atoms with van der Waals surface area (Å²) in [6.45, 7) is 2.40. The first-order chi connectivity index (χ1) is 9.77. The number of likely N-dealkylation sites (N-methyl/N-ethyl adjacent to an activating group) is 1. The molecular weight excluding hydrogens is 248 g/mol. The maximum atomic E-state index is 6.03. The Balaban J connectivity index is 2.25. The summed E-state index contributed by atoms with van der Waals surface area (Å²) in [5, 5.41) is 2.57. The van der Waals surface area contributed by atoms with Crippen LogP contribution in [0.15, 0.2) is 42.5 Å². The molecule has 0 radical (unpaired) electrons. The van der Waals surface area contributed by atoms with Gasteiger partial charge in [-0.1, -0.05) is 42.5 Å². The number of ether oxygens (including phenoxy) is 1. The Morgan fingerprint density at radius 3 is 2.65 bits per heavy atom. The second-order valence-electron chi connectivity index (χ2n) is 5.15. The molecule has 1 unspecified atom stereocenters. The van der Waals surface area contributed by atoms with E-state index in [-0.39, 0.29) is 6.04 Å². The normalized spacial score (nSPS) is 13.0. The number of benzene rings is 2. The summed E-state index contributed by atoms with van der Waals surface area (Å²) >= 11 is 0. The number of nitrogens with two attached hydrogens (primary N) is 1. The molecule has 108 valence electrons. The van der Waals surface area contributed by atoms with Gasteiger partial charge < -0.3 is 10.5 Å². The second-order valence-corrected chi connectivity index (χ2v) is 5.15. The van der Waals surface area contributed by atoms with Crippen molar-refractivity contribution in [3.05, 3.63) is 48.0 Å². The molecule has 0 aliphatic carbocycles. The van der Waals surface area contributed by atoms with E-state index < -0.39 is 0 Å². The van der Waals surface area contributed by atoms with Gasteiger partial charge in [-0.2, -0.15) is 0 Å². The minimum absolute atomic E-state index is 0.248. The third-order valence-corrected chi connectivity index (χ3v) is 3.80. The highest BCUT2D eigenvalue weighted by molar-refractivity contribution is 5.86. The summed E-state index contributed by atoms with van der Waals surface area (Å²) in [6.07, 6.45) is 1.02. The smallest absolute Gasteiger partial charge is 0.0474 e. The second kappa shape index (κ2) is 7.39. The first-order valence-corrected chi connectivity index (χ1v) is 7.15. The Morgan fingerprint density at radius 1 is 1.15 bits per heavy atom. The van der Waals surface area contributed by atoms with Gasteiger partial charge in [0, 0.05) is 32.8 Å². The van der Waals surface area contributed by atoms with Crippen LogP contribution in [-0.4, -0.2) is 38.8 Å². The van der Waals surface area contributed by atoms with E-state index in [1.165, 1.54) is 16.3 Å². The van der Waals surface area contributed by atoms with Crippen molar-refractivity contribution in [3.63, 3.8) is 0 Å². The zero-order valence-electron chi connectivity index (χ0n) is 12.4. The van der Waals surface area contributed by atoms with Crippen molar-refractivity contribution < 1.29 is 4.74 Å². The van der Waals surface area contributed by atoms with E-state index in [4.69, 9.17) is 10.5 Å². The molecule has 0 aromatic heterocycles. The molecular formula is C17H24N2O. The average Bonchev–Trinajstić information content (AvgIpc) is 2.48. The number of methoxy groups -OCH3 is 1. The van der Waals surface area contributed by atoms with E-state index in [1.807, 2.05) is 0 Å². The van der Waals surface area contributed by atoms with Crippen LogP contribution < -0.4 is 5.73 Å². The molecule has 0 bridgehead atoms. The Morgan fingerprint density at radius 2 is 1.90 bits per heavy atom. The lowest BCUT2D eigenvalue weighted by Crippen LogP contribution is -2.31. The monoisotopic (exact) mass is 272 g/mol. The van der Waals surface area contributed by atoms with Gasteiger partial charge in [0.15, 0.2) is 0 Å². The summed E-state index contributed by atoms with van der Waals surface area (Å²) in [6, 6.07) is 15.2. The Kier molecular flexibility index (Phi) is 5.53. The van der Waals surface area contributed by atoms with Crippen LogP contribution in [0.2, 0.25) is 0 Å². The van der Waals surface area contributed by atoms with Crippen LogP contribution in [0.3, 0.4) is 0 Å². The summed E-state index contributed by atoms with van der Waals surface area (Å²) in [4.78, 5) is 2.32. The lowest BCUT2D eigenvalue weighted by Gasteiger charge is -2.28. The van der Waals surface area contributed by atoms with Gasteiger partial charge in [0.1, 0.15) is 0 Å². The van der Waals surface area contributed by atoms with Crippen molar-refractivity contribution in [3.8, 4) is 0 Å². The molecule has 3 nitrogen and oxygen atoms in total. The zero-order chi connectivity index (χ0) is 14.4. The van der Waals surface area contributed by atoms with Crippen LogP contribution in [-0.2, 0) is 4.74 Å². The van der Waals surface area contributed by atoms with Crippen molar-refractivity contribution in [2.75, 3.05) is 33.9 Å². The number of hydrogen-bond donors (Lipinski definition) is 1. The Labute approximate surface area is 121 Å². The molecule has 0 aliphatic heterocycles. The van der Waals surface area contributed by atoms with Crippen LogP contribution in [0.5, 0.6) is 0 Å². The number of nitrogens with zero attached hydrogens (tertiary/aromatic N) is 1. The molecule has 2 N–H and O–H groups in total. The minimum Gasteiger partial charge on any atom is -0.385 e. The maximum Gasteiger partial charge on any atom is 0.0474 e. The molecule has 2 aromatic rings. The molecule has 0 spiro atoms.